The summed E-state index contributed by atoms with van der Waals surface area (Å²) in [4.78, 5) is 21.5. The Labute approximate surface area is 162 Å². The smallest absolute Gasteiger partial charge is 0.234 e. The fraction of sp³-hybridized carbons (Fsp3) is 0.455. The molecule has 5 nitrogen and oxygen atoms in total. The molecule has 1 aromatic heterocycles. The minimum Gasteiger partial charge on any atom is -0.348 e. The van der Waals surface area contributed by atoms with Gasteiger partial charge in [-0.15, -0.1) is 0 Å². The second kappa shape index (κ2) is 9.11. The summed E-state index contributed by atoms with van der Waals surface area (Å²) in [5.41, 5.74) is 4.80. The van der Waals surface area contributed by atoms with E-state index >= 15 is 0 Å². The number of rotatable bonds is 6. The lowest BCUT2D eigenvalue weighted by atomic mass is 10.0. The predicted octanol–water partition coefficient (Wildman–Crippen LogP) is 2.69. The highest BCUT2D eigenvalue weighted by atomic mass is 16.2. The first-order valence-corrected chi connectivity index (χ1v) is 9.72. The minimum absolute atomic E-state index is 0.0299. The molecule has 0 radical (unpaired) electrons. The van der Waals surface area contributed by atoms with Crippen LogP contribution in [-0.2, 0) is 11.3 Å². The monoisotopic (exact) mass is 366 g/mol. The molecule has 1 fully saturated rings. The van der Waals surface area contributed by atoms with Crippen molar-refractivity contribution < 1.29 is 4.79 Å². The van der Waals surface area contributed by atoms with Gasteiger partial charge in [-0.1, -0.05) is 24.3 Å². The van der Waals surface area contributed by atoms with Crippen LogP contribution in [0.5, 0.6) is 0 Å². The second-order valence-corrected chi connectivity index (χ2v) is 7.51. The third-order valence-corrected chi connectivity index (χ3v) is 5.35. The molecular weight excluding hydrogens is 336 g/mol. The van der Waals surface area contributed by atoms with E-state index < -0.39 is 0 Å². The van der Waals surface area contributed by atoms with E-state index in [1.54, 1.807) is 0 Å². The SMILES string of the molecule is Cc1ccc([C@H](C)NC(=O)CN2CCN(Cc3ccccn3)CC2)cc1C. The van der Waals surface area contributed by atoms with Crippen LogP contribution in [0.1, 0.15) is 35.3 Å². The molecule has 0 unspecified atom stereocenters. The average Bonchev–Trinajstić information content (AvgIpc) is 2.66. The van der Waals surface area contributed by atoms with Crippen LogP contribution in [0.3, 0.4) is 0 Å². The van der Waals surface area contributed by atoms with Gasteiger partial charge in [0, 0.05) is 38.9 Å². The van der Waals surface area contributed by atoms with E-state index in [2.05, 4.69) is 58.2 Å². The predicted molar refractivity (Wildman–Crippen MR) is 108 cm³/mol. The van der Waals surface area contributed by atoms with Crippen LogP contribution in [0, 0.1) is 13.8 Å². The molecule has 0 spiro atoms. The van der Waals surface area contributed by atoms with Gasteiger partial charge in [-0.05, 0) is 49.6 Å². The largest absolute Gasteiger partial charge is 0.348 e. The summed E-state index contributed by atoms with van der Waals surface area (Å²) in [7, 11) is 0. The number of pyridine rings is 1. The summed E-state index contributed by atoms with van der Waals surface area (Å²) in [5.74, 6) is 0.0962. The zero-order valence-corrected chi connectivity index (χ0v) is 16.6. The first kappa shape index (κ1) is 19.5. The van der Waals surface area contributed by atoms with E-state index in [-0.39, 0.29) is 11.9 Å². The molecule has 2 heterocycles. The molecule has 0 aliphatic carbocycles. The van der Waals surface area contributed by atoms with Crippen LogP contribution >= 0.6 is 0 Å². The summed E-state index contributed by atoms with van der Waals surface area (Å²) in [6.45, 7) is 11.4. The molecule has 5 heteroatoms. The van der Waals surface area contributed by atoms with Crippen LogP contribution in [-0.4, -0.2) is 53.4 Å². The number of carbonyl (C=O) groups is 1. The highest BCUT2D eigenvalue weighted by molar-refractivity contribution is 5.78. The van der Waals surface area contributed by atoms with E-state index in [4.69, 9.17) is 0 Å². The lowest BCUT2D eigenvalue weighted by molar-refractivity contribution is -0.123. The number of aryl methyl sites for hydroxylation is 2. The van der Waals surface area contributed by atoms with Gasteiger partial charge in [-0.25, -0.2) is 0 Å². The van der Waals surface area contributed by atoms with Gasteiger partial charge in [0.25, 0.3) is 0 Å². The number of hydrogen-bond acceptors (Lipinski definition) is 4. The summed E-state index contributed by atoms with van der Waals surface area (Å²) < 4.78 is 0. The Morgan fingerprint density at radius 3 is 2.48 bits per heavy atom. The molecule has 27 heavy (non-hydrogen) atoms. The maximum absolute atomic E-state index is 12.4. The van der Waals surface area contributed by atoms with Gasteiger partial charge >= 0.3 is 0 Å². The van der Waals surface area contributed by atoms with Crippen molar-refractivity contribution in [1.82, 2.24) is 20.1 Å². The molecule has 144 valence electrons. The maximum atomic E-state index is 12.4. The van der Waals surface area contributed by atoms with Crippen molar-refractivity contribution >= 4 is 5.91 Å². The molecule has 1 N–H and O–H groups in total. The van der Waals surface area contributed by atoms with E-state index in [0.717, 1.165) is 44.0 Å². The highest BCUT2D eigenvalue weighted by Crippen LogP contribution is 2.16. The maximum Gasteiger partial charge on any atom is 0.234 e. The normalized spacial score (nSPS) is 16.9. The third kappa shape index (κ3) is 5.62. The summed E-state index contributed by atoms with van der Waals surface area (Å²) in [6, 6.07) is 12.4. The average molecular weight is 367 g/mol. The first-order chi connectivity index (χ1) is 13.0. The zero-order valence-electron chi connectivity index (χ0n) is 16.6. The van der Waals surface area contributed by atoms with Crippen molar-refractivity contribution in [2.24, 2.45) is 0 Å². The molecule has 1 aliphatic rings. The van der Waals surface area contributed by atoms with Gasteiger partial charge in [0.2, 0.25) is 5.91 Å². The van der Waals surface area contributed by atoms with Gasteiger partial charge in [0.1, 0.15) is 0 Å². The number of aromatic nitrogens is 1. The van der Waals surface area contributed by atoms with Gasteiger partial charge in [-0.2, -0.15) is 0 Å². The zero-order chi connectivity index (χ0) is 19.2. The quantitative estimate of drug-likeness (QED) is 0.854. The van der Waals surface area contributed by atoms with E-state index in [0.29, 0.717) is 6.54 Å². The van der Waals surface area contributed by atoms with Crippen molar-refractivity contribution in [3.8, 4) is 0 Å². The van der Waals surface area contributed by atoms with Gasteiger partial charge in [0.15, 0.2) is 0 Å². The van der Waals surface area contributed by atoms with Crippen LogP contribution in [0.2, 0.25) is 0 Å². The Hall–Kier alpha value is -2.24. The number of amides is 1. The van der Waals surface area contributed by atoms with E-state index in [9.17, 15) is 4.79 Å². The van der Waals surface area contributed by atoms with E-state index in [1.165, 1.54) is 11.1 Å². The molecule has 0 bridgehead atoms. The molecule has 3 rings (SSSR count). The number of nitrogens with zero attached hydrogens (tertiary/aromatic N) is 3. The summed E-state index contributed by atoms with van der Waals surface area (Å²) in [5, 5.41) is 3.14. The molecule has 1 aliphatic heterocycles. The van der Waals surface area contributed by atoms with Crippen molar-refractivity contribution in [1.29, 1.82) is 0 Å². The van der Waals surface area contributed by atoms with Gasteiger partial charge in [0.05, 0.1) is 18.3 Å². The van der Waals surface area contributed by atoms with Crippen molar-refractivity contribution in [2.45, 2.75) is 33.4 Å². The molecule has 2 aromatic rings. The molecule has 1 saturated heterocycles. The number of benzene rings is 1. The molecule has 1 amide bonds. The Bertz CT molecular complexity index is 754. The first-order valence-electron chi connectivity index (χ1n) is 9.72. The third-order valence-electron chi connectivity index (χ3n) is 5.35. The molecule has 1 atom stereocenters. The van der Waals surface area contributed by atoms with Crippen molar-refractivity contribution in [3.05, 3.63) is 65.0 Å². The van der Waals surface area contributed by atoms with Crippen LogP contribution in [0.25, 0.3) is 0 Å². The Kier molecular flexibility index (Phi) is 6.58. The lowest BCUT2D eigenvalue weighted by Crippen LogP contribution is -2.49. The second-order valence-electron chi connectivity index (χ2n) is 7.51. The van der Waals surface area contributed by atoms with Crippen LogP contribution < -0.4 is 5.32 Å². The molecule has 0 saturated carbocycles. The lowest BCUT2D eigenvalue weighted by Gasteiger charge is -2.34. The van der Waals surface area contributed by atoms with Gasteiger partial charge in [-0.3, -0.25) is 19.6 Å². The fourth-order valence-electron chi connectivity index (χ4n) is 3.43. The van der Waals surface area contributed by atoms with E-state index in [1.807, 2.05) is 25.3 Å². The standard InChI is InChI=1S/C22H30N4O/c1-17-7-8-20(14-18(17)2)19(3)24-22(27)16-26-12-10-25(11-13-26)15-21-6-4-5-9-23-21/h4-9,14,19H,10-13,15-16H2,1-3H3,(H,24,27)/t19-/m0/s1. The van der Waals surface area contributed by atoms with Crippen molar-refractivity contribution in [2.75, 3.05) is 32.7 Å². The number of hydrogen-bond donors (Lipinski definition) is 1. The number of piperazine rings is 1. The Morgan fingerprint density at radius 2 is 1.81 bits per heavy atom. The summed E-state index contributed by atoms with van der Waals surface area (Å²) >= 11 is 0. The Balaban J connectivity index is 1.43. The minimum atomic E-state index is 0.0299. The molecule has 1 aromatic carbocycles. The fourth-order valence-corrected chi connectivity index (χ4v) is 3.43. The summed E-state index contributed by atoms with van der Waals surface area (Å²) in [6.07, 6.45) is 1.84. The topological polar surface area (TPSA) is 48.5 Å². The number of nitrogens with one attached hydrogen (secondary N) is 1. The number of carbonyl (C=O) groups excluding carboxylic acids is 1. The Morgan fingerprint density at radius 1 is 1.07 bits per heavy atom. The highest BCUT2D eigenvalue weighted by Gasteiger charge is 2.20. The van der Waals surface area contributed by atoms with Gasteiger partial charge < -0.3 is 5.32 Å². The van der Waals surface area contributed by atoms with Crippen molar-refractivity contribution in [3.63, 3.8) is 0 Å². The van der Waals surface area contributed by atoms with Crippen LogP contribution in [0.15, 0.2) is 42.6 Å². The molecular formula is C22H30N4O. The van der Waals surface area contributed by atoms with Crippen LogP contribution in [0.4, 0.5) is 0 Å².